The zero-order chi connectivity index (χ0) is 19.3. The van der Waals surface area contributed by atoms with Crippen LogP contribution < -0.4 is 4.90 Å². The summed E-state index contributed by atoms with van der Waals surface area (Å²) in [6.07, 6.45) is 8.07. The third kappa shape index (κ3) is 5.18. The standard InChI is InChI=1S/C22H24ClN5.ClH/c1-18-19(17-25-28(18)22-9-2-3-10-24-22)6-5-11-26-12-14-27(15-13-26)21-8-4-7-20(23)16-21;/h2-10,16-17H,11-15H2,1H3;1H. The maximum absolute atomic E-state index is 6.12. The lowest BCUT2D eigenvalue weighted by Gasteiger charge is -2.35. The van der Waals surface area contributed by atoms with Crippen LogP contribution in [0.25, 0.3) is 11.9 Å². The predicted octanol–water partition coefficient (Wildman–Crippen LogP) is 4.49. The van der Waals surface area contributed by atoms with Crippen LogP contribution in [0.3, 0.4) is 0 Å². The van der Waals surface area contributed by atoms with Gasteiger partial charge in [-0.2, -0.15) is 5.10 Å². The van der Waals surface area contributed by atoms with Gasteiger partial charge in [-0.05, 0) is 37.3 Å². The normalized spacial score (nSPS) is 14.9. The van der Waals surface area contributed by atoms with Crippen LogP contribution in [0.4, 0.5) is 5.69 Å². The van der Waals surface area contributed by atoms with Gasteiger partial charge in [-0.15, -0.1) is 12.4 Å². The van der Waals surface area contributed by atoms with Crippen LogP contribution in [0.15, 0.2) is 60.9 Å². The molecule has 1 fully saturated rings. The maximum Gasteiger partial charge on any atom is 0.153 e. The molecule has 0 atom stereocenters. The molecule has 1 aliphatic heterocycles. The minimum atomic E-state index is 0. The first-order chi connectivity index (χ1) is 13.7. The van der Waals surface area contributed by atoms with E-state index in [-0.39, 0.29) is 12.4 Å². The van der Waals surface area contributed by atoms with Crippen molar-refractivity contribution in [3.63, 3.8) is 0 Å². The molecule has 3 aromatic rings. The van der Waals surface area contributed by atoms with Crippen molar-refractivity contribution in [2.24, 2.45) is 0 Å². The second-order valence-electron chi connectivity index (χ2n) is 6.95. The van der Waals surface area contributed by atoms with Gasteiger partial charge < -0.3 is 4.90 Å². The van der Waals surface area contributed by atoms with E-state index in [0.29, 0.717) is 0 Å². The van der Waals surface area contributed by atoms with Gasteiger partial charge in [-0.1, -0.05) is 35.9 Å². The van der Waals surface area contributed by atoms with Gasteiger partial charge in [0.25, 0.3) is 0 Å². The smallest absolute Gasteiger partial charge is 0.153 e. The minimum Gasteiger partial charge on any atom is -0.369 e. The number of aromatic nitrogens is 3. The summed E-state index contributed by atoms with van der Waals surface area (Å²) >= 11 is 6.12. The summed E-state index contributed by atoms with van der Waals surface area (Å²) in [5, 5.41) is 5.27. The zero-order valence-electron chi connectivity index (χ0n) is 16.4. The Bertz CT molecular complexity index is 947. The third-order valence-electron chi connectivity index (χ3n) is 5.12. The van der Waals surface area contributed by atoms with Crippen LogP contribution in [0.1, 0.15) is 11.3 Å². The van der Waals surface area contributed by atoms with Crippen LogP contribution in [0, 0.1) is 6.92 Å². The summed E-state index contributed by atoms with van der Waals surface area (Å²) in [6, 6.07) is 14.0. The van der Waals surface area contributed by atoms with Crippen molar-refractivity contribution in [1.29, 1.82) is 0 Å². The molecule has 0 spiro atoms. The Morgan fingerprint density at radius 2 is 1.90 bits per heavy atom. The highest BCUT2D eigenvalue weighted by Crippen LogP contribution is 2.21. The Morgan fingerprint density at radius 1 is 1.07 bits per heavy atom. The first-order valence-corrected chi connectivity index (χ1v) is 9.94. The average Bonchev–Trinajstić information content (AvgIpc) is 3.10. The molecule has 0 saturated carbocycles. The van der Waals surface area contributed by atoms with Crippen LogP contribution >= 0.6 is 24.0 Å². The summed E-state index contributed by atoms with van der Waals surface area (Å²) in [6.45, 7) is 7.14. The SMILES string of the molecule is Cc1c(C=CCN2CCN(c3cccc(Cl)c3)CC2)cnn1-c1ccccn1.Cl. The number of hydrogen-bond acceptors (Lipinski definition) is 4. The molecule has 0 amide bonds. The van der Waals surface area contributed by atoms with Crippen molar-refractivity contribution >= 4 is 35.8 Å². The molecule has 1 aromatic carbocycles. The number of pyridine rings is 1. The van der Waals surface area contributed by atoms with Gasteiger partial charge in [0, 0.05) is 55.2 Å². The molecular formula is C22H25Cl2N5. The number of piperazine rings is 1. The lowest BCUT2D eigenvalue weighted by Crippen LogP contribution is -2.46. The molecule has 0 unspecified atom stereocenters. The number of rotatable bonds is 5. The monoisotopic (exact) mass is 429 g/mol. The Morgan fingerprint density at radius 3 is 2.62 bits per heavy atom. The summed E-state index contributed by atoms with van der Waals surface area (Å²) in [5.41, 5.74) is 3.43. The highest BCUT2D eigenvalue weighted by atomic mass is 35.5. The molecule has 5 nitrogen and oxygen atoms in total. The van der Waals surface area contributed by atoms with E-state index in [4.69, 9.17) is 11.6 Å². The quantitative estimate of drug-likeness (QED) is 0.598. The third-order valence-corrected chi connectivity index (χ3v) is 5.36. The van der Waals surface area contributed by atoms with Gasteiger partial charge in [0.1, 0.15) is 0 Å². The summed E-state index contributed by atoms with van der Waals surface area (Å²) in [7, 11) is 0. The van der Waals surface area contributed by atoms with Crippen LogP contribution in [-0.4, -0.2) is 52.4 Å². The Labute approximate surface area is 183 Å². The van der Waals surface area contributed by atoms with E-state index in [1.165, 1.54) is 5.69 Å². The summed E-state index contributed by atoms with van der Waals surface area (Å²) in [4.78, 5) is 9.23. The van der Waals surface area contributed by atoms with Crippen molar-refractivity contribution in [3.8, 4) is 5.82 Å². The molecule has 1 aliphatic rings. The van der Waals surface area contributed by atoms with Gasteiger partial charge >= 0.3 is 0 Å². The summed E-state index contributed by atoms with van der Waals surface area (Å²) < 4.78 is 1.88. The number of halogens is 2. The lowest BCUT2D eigenvalue weighted by atomic mass is 10.2. The van der Waals surface area contributed by atoms with Gasteiger partial charge in [0.2, 0.25) is 0 Å². The first kappa shape index (κ1) is 21.4. The topological polar surface area (TPSA) is 37.2 Å². The maximum atomic E-state index is 6.12. The van der Waals surface area contributed by atoms with Crippen LogP contribution in [0.5, 0.6) is 0 Å². The molecule has 0 N–H and O–H groups in total. The number of hydrogen-bond donors (Lipinski definition) is 0. The van der Waals surface area contributed by atoms with Crippen molar-refractivity contribution in [1.82, 2.24) is 19.7 Å². The van der Waals surface area contributed by atoms with Gasteiger partial charge in [0.05, 0.1) is 11.9 Å². The van der Waals surface area contributed by atoms with Crippen LogP contribution in [-0.2, 0) is 0 Å². The van der Waals surface area contributed by atoms with E-state index in [2.05, 4.69) is 45.0 Å². The average molecular weight is 430 g/mol. The van der Waals surface area contributed by atoms with Gasteiger partial charge in [0.15, 0.2) is 5.82 Å². The first-order valence-electron chi connectivity index (χ1n) is 9.56. The largest absolute Gasteiger partial charge is 0.369 e. The van der Waals surface area contributed by atoms with Crippen molar-refractivity contribution in [3.05, 3.63) is 77.2 Å². The van der Waals surface area contributed by atoms with Crippen molar-refractivity contribution < 1.29 is 0 Å². The molecular weight excluding hydrogens is 405 g/mol. The zero-order valence-corrected chi connectivity index (χ0v) is 18.0. The predicted molar refractivity (Wildman–Crippen MR) is 122 cm³/mol. The van der Waals surface area contributed by atoms with Gasteiger partial charge in [-0.25, -0.2) is 9.67 Å². The molecule has 7 heteroatoms. The highest BCUT2D eigenvalue weighted by molar-refractivity contribution is 6.30. The Hall–Kier alpha value is -2.34. The molecule has 0 aliphatic carbocycles. The van der Waals surface area contributed by atoms with Crippen molar-refractivity contribution in [2.75, 3.05) is 37.6 Å². The fourth-order valence-corrected chi connectivity index (χ4v) is 3.67. The number of anilines is 1. The second-order valence-corrected chi connectivity index (χ2v) is 7.39. The Balaban J connectivity index is 0.00000240. The van der Waals surface area contributed by atoms with E-state index in [1.54, 1.807) is 6.20 Å². The lowest BCUT2D eigenvalue weighted by molar-refractivity contribution is 0.284. The number of nitrogens with zero attached hydrogens (tertiary/aromatic N) is 5. The van der Waals surface area contributed by atoms with E-state index < -0.39 is 0 Å². The number of benzene rings is 1. The van der Waals surface area contributed by atoms with Crippen molar-refractivity contribution in [2.45, 2.75) is 6.92 Å². The fourth-order valence-electron chi connectivity index (χ4n) is 3.49. The van der Waals surface area contributed by atoms with E-state index in [1.807, 2.05) is 47.3 Å². The minimum absolute atomic E-state index is 0. The second kappa shape index (κ2) is 9.92. The molecule has 3 heterocycles. The van der Waals surface area contributed by atoms with Gasteiger partial charge in [-0.3, -0.25) is 4.90 Å². The molecule has 1 saturated heterocycles. The molecule has 0 radical (unpaired) electrons. The van der Waals surface area contributed by atoms with Crippen LogP contribution in [0.2, 0.25) is 5.02 Å². The molecule has 0 bridgehead atoms. The molecule has 4 rings (SSSR count). The fraction of sp³-hybridized carbons (Fsp3) is 0.273. The Kier molecular flexibility index (Phi) is 7.31. The highest BCUT2D eigenvalue weighted by Gasteiger charge is 2.16. The van der Waals surface area contributed by atoms with E-state index >= 15 is 0 Å². The van der Waals surface area contributed by atoms with E-state index in [0.717, 1.165) is 54.8 Å². The molecule has 152 valence electrons. The van der Waals surface area contributed by atoms with E-state index in [9.17, 15) is 0 Å². The molecule has 2 aromatic heterocycles. The summed E-state index contributed by atoms with van der Waals surface area (Å²) in [5.74, 6) is 0.844. The molecule has 29 heavy (non-hydrogen) atoms.